The number of carbonyl (C=O) groups is 1. The second-order valence-corrected chi connectivity index (χ2v) is 9.37. The summed E-state index contributed by atoms with van der Waals surface area (Å²) in [5.41, 5.74) is -0.444. The molecule has 1 aromatic carbocycles. The van der Waals surface area contributed by atoms with Crippen LogP contribution in [0, 0.1) is 0 Å². The van der Waals surface area contributed by atoms with Gasteiger partial charge in [-0.1, -0.05) is 23.7 Å². The normalized spacial score (nSPS) is 19.0. The molecule has 2 aromatic rings. The zero-order chi connectivity index (χ0) is 21.1. The SMILES string of the molecule is O=C(Cn1nc(N2CCSCC2)ccc1=O)N1CCC(O)(c2ccc(Cl)cc2)CC1. The van der Waals surface area contributed by atoms with E-state index >= 15 is 0 Å². The quantitative estimate of drug-likeness (QED) is 0.770. The van der Waals surface area contributed by atoms with Crippen molar-refractivity contribution in [2.45, 2.75) is 25.0 Å². The molecule has 9 heteroatoms. The lowest BCUT2D eigenvalue weighted by atomic mass is 9.84. The van der Waals surface area contributed by atoms with E-state index in [1.165, 1.54) is 10.7 Å². The summed E-state index contributed by atoms with van der Waals surface area (Å²) in [5.74, 6) is 2.64. The van der Waals surface area contributed by atoms with Gasteiger partial charge in [0, 0.05) is 48.8 Å². The first-order valence-corrected chi connectivity index (χ1v) is 11.6. The van der Waals surface area contributed by atoms with Gasteiger partial charge in [0.05, 0.1) is 5.60 Å². The zero-order valence-corrected chi connectivity index (χ0v) is 18.2. The van der Waals surface area contributed by atoms with E-state index in [9.17, 15) is 14.7 Å². The van der Waals surface area contributed by atoms with Crippen LogP contribution in [0.4, 0.5) is 5.82 Å². The lowest BCUT2D eigenvalue weighted by Crippen LogP contribution is -2.47. The highest BCUT2D eigenvalue weighted by atomic mass is 35.5. The maximum absolute atomic E-state index is 12.8. The van der Waals surface area contributed by atoms with Crippen LogP contribution in [0.3, 0.4) is 0 Å². The molecule has 1 N–H and O–H groups in total. The molecule has 2 aliphatic rings. The summed E-state index contributed by atoms with van der Waals surface area (Å²) in [7, 11) is 0. The van der Waals surface area contributed by atoms with Crippen LogP contribution in [0.25, 0.3) is 0 Å². The third-order valence-corrected chi connectivity index (χ3v) is 6.99. The average Bonchev–Trinajstić information content (AvgIpc) is 2.76. The molecule has 0 spiro atoms. The van der Waals surface area contributed by atoms with Crippen molar-refractivity contribution in [1.82, 2.24) is 14.7 Å². The van der Waals surface area contributed by atoms with Crippen LogP contribution in [0.1, 0.15) is 18.4 Å². The van der Waals surface area contributed by atoms with Crippen molar-refractivity contribution in [1.29, 1.82) is 0 Å². The van der Waals surface area contributed by atoms with Crippen molar-refractivity contribution >= 4 is 35.1 Å². The molecule has 2 saturated heterocycles. The minimum Gasteiger partial charge on any atom is -0.385 e. The first kappa shape index (κ1) is 21.2. The van der Waals surface area contributed by atoms with Gasteiger partial charge in [-0.25, -0.2) is 4.68 Å². The Hall–Kier alpha value is -2.03. The van der Waals surface area contributed by atoms with Crippen molar-refractivity contribution in [3.05, 3.63) is 57.3 Å². The molecule has 0 radical (unpaired) electrons. The molecule has 160 valence electrons. The van der Waals surface area contributed by atoms with Gasteiger partial charge in [-0.3, -0.25) is 9.59 Å². The van der Waals surface area contributed by atoms with Crippen LogP contribution in [-0.4, -0.2) is 63.4 Å². The van der Waals surface area contributed by atoms with Crippen LogP contribution in [-0.2, 0) is 16.9 Å². The van der Waals surface area contributed by atoms with Gasteiger partial charge >= 0.3 is 0 Å². The molecular formula is C21H25ClN4O3S. The Balaban J connectivity index is 1.40. The monoisotopic (exact) mass is 448 g/mol. The van der Waals surface area contributed by atoms with E-state index in [2.05, 4.69) is 10.00 Å². The Morgan fingerprint density at radius 1 is 1.07 bits per heavy atom. The summed E-state index contributed by atoms with van der Waals surface area (Å²) in [4.78, 5) is 28.9. The van der Waals surface area contributed by atoms with Gasteiger partial charge in [0.2, 0.25) is 5.91 Å². The highest BCUT2D eigenvalue weighted by molar-refractivity contribution is 7.99. The lowest BCUT2D eigenvalue weighted by Gasteiger charge is -2.38. The standard InChI is InChI=1S/C21H25ClN4O3S/c22-17-3-1-16(2-4-17)21(29)7-9-25(10-8-21)20(28)15-26-19(27)6-5-18(23-26)24-11-13-30-14-12-24/h1-6,29H,7-15H2. The number of aliphatic hydroxyl groups is 1. The number of carbonyl (C=O) groups excluding carboxylic acids is 1. The number of hydrogen-bond acceptors (Lipinski definition) is 6. The third kappa shape index (κ3) is 4.66. The molecule has 0 unspecified atom stereocenters. The van der Waals surface area contributed by atoms with Gasteiger partial charge in [0.25, 0.3) is 5.56 Å². The van der Waals surface area contributed by atoms with Crippen molar-refractivity contribution < 1.29 is 9.90 Å². The highest BCUT2D eigenvalue weighted by Gasteiger charge is 2.35. The molecule has 0 aliphatic carbocycles. The van der Waals surface area contributed by atoms with E-state index in [-0.39, 0.29) is 18.0 Å². The molecule has 0 bridgehead atoms. The van der Waals surface area contributed by atoms with Crippen LogP contribution in [0.2, 0.25) is 5.02 Å². The van der Waals surface area contributed by atoms with E-state index < -0.39 is 5.60 Å². The van der Waals surface area contributed by atoms with E-state index in [0.717, 1.165) is 36.0 Å². The molecule has 1 aromatic heterocycles. The highest BCUT2D eigenvalue weighted by Crippen LogP contribution is 2.33. The molecule has 3 heterocycles. The Morgan fingerprint density at radius 3 is 2.40 bits per heavy atom. The molecule has 0 saturated carbocycles. The van der Waals surface area contributed by atoms with Crippen molar-refractivity contribution in [2.75, 3.05) is 42.6 Å². The zero-order valence-electron chi connectivity index (χ0n) is 16.7. The van der Waals surface area contributed by atoms with Gasteiger partial charge in [-0.05, 0) is 36.6 Å². The fourth-order valence-corrected chi connectivity index (χ4v) is 4.94. The summed E-state index contributed by atoms with van der Waals surface area (Å²) in [6.07, 6.45) is 0.877. The number of piperidine rings is 1. The molecule has 2 fully saturated rings. The number of thioether (sulfide) groups is 1. The summed E-state index contributed by atoms with van der Waals surface area (Å²) in [6, 6.07) is 10.4. The molecule has 1 amide bonds. The summed E-state index contributed by atoms with van der Waals surface area (Å²) < 4.78 is 1.25. The predicted molar refractivity (Wildman–Crippen MR) is 119 cm³/mol. The van der Waals surface area contributed by atoms with Crippen LogP contribution >= 0.6 is 23.4 Å². The molecule has 0 atom stereocenters. The molecule has 7 nitrogen and oxygen atoms in total. The maximum atomic E-state index is 12.8. The predicted octanol–water partition coefficient (Wildman–Crippen LogP) is 1.96. The molecule has 4 rings (SSSR count). The van der Waals surface area contributed by atoms with Gasteiger partial charge < -0.3 is 14.9 Å². The summed E-state index contributed by atoms with van der Waals surface area (Å²) in [6.45, 7) is 2.54. The second-order valence-electron chi connectivity index (χ2n) is 7.71. The van der Waals surface area contributed by atoms with Gasteiger partial charge in [0.1, 0.15) is 12.4 Å². The van der Waals surface area contributed by atoms with E-state index in [1.807, 2.05) is 23.9 Å². The Bertz CT molecular complexity index is 951. The minimum absolute atomic E-state index is 0.0887. The lowest BCUT2D eigenvalue weighted by molar-refractivity contribution is -0.136. The Kier molecular flexibility index (Phi) is 6.36. The van der Waals surface area contributed by atoms with Gasteiger partial charge in [-0.2, -0.15) is 16.9 Å². The fourth-order valence-electron chi connectivity index (χ4n) is 3.92. The topological polar surface area (TPSA) is 78.7 Å². The Labute approximate surface area is 184 Å². The first-order valence-electron chi connectivity index (χ1n) is 10.1. The number of anilines is 1. The van der Waals surface area contributed by atoms with Gasteiger partial charge in [-0.15, -0.1) is 0 Å². The number of halogens is 1. The Morgan fingerprint density at radius 2 is 1.73 bits per heavy atom. The van der Waals surface area contributed by atoms with Crippen molar-refractivity contribution in [3.8, 4) is 0 Å². The average molecular weight is 449 g/mol. The van der Waals surface area contributed by atoms with Gasteiger partial charge in [0.15, 0.2) is 0 Å². The number of aromatic nitrogens is 2. The largest absolute Gasteiger partial charge is 0.385 e. The summed E-state index contributed by atoms with van der Waals surface area (Å²) in [5, 5.41) is 16.0. The maximum Gasteiger partial charge on any atom is 0.267 e. The number of amides is 1. The molecular weight excluding hydrogens is 424 g/mol. The van der Waals surface area contributed by atoms with Crippen LogP contribution in [0.15, 0.2) is 41.2 Å². The van der Waals surface area contributed by atoms with Crippen LogP contribution in [0.5, 0.6) is 0 Å². The van der Waals surface area contributed by atoms with Crippen molar-refractivity contribution in [3.63, 3.8) is 0 Å². The fraction of sp³-hybridized carbons (Fsp3) is 0.476. The summed E-state index contributed by atoms with van der Waals surface area (Å²) >= 11 is 7.84. The van der Waals surface area contributed by atoms with E-state index in [1.54, 1.807) is 23.1 Å². The number of likely N-dealkylation sites (tertiary alicyclic amines) is 1. The number of hydrogen-bond donors (Lipinski definition) is 1. The van der Waals surface area contributed by atoms with E-state index in [0.29, 0.717) is 31.0 Å². The third-order valence-electron chi connectivity index (χ3n) is 5.80. The number of rotatable bonds is 4. The smallest absolute Gasteiger partial charge is 0.267 e. The van der Waals surface area contributed by atoms with Crippen LogP contribution < -0.4 is 10.5 Å². The number of benzene rings is 1. The number of nitrogens with zero attached hydrogens (tertiary/aromatic N) is 4. The molecule has 30 heavy (non-hydrogen) atoms. The minimum atomic E-state index is -0.970. The van der Waals surface area contributed by atoms with Crippen molar-refractivity contribution in [2.24, 2.45) is 0 Å². The first-order chi connectivity index (χ1) is 14.4. The molecule has 2 aliphatic heterocycles. The van der Waals surface area contributed by atoms with E-state index in [4.69, 9.17) is 11.6 Å². The second kappa shape index (κ2) is 8.99.